The average Bonchev–Trinajstić information content (AvgIpc) is 2.83. The first-order valence-electron chi connectivity index (χ1n) is 5.85. The average molecular weight is 262 g/mol. The molecule has 3 rings (SSSR count). The fraction of sp³-hybridized carbons (Fsp3) is 0.385. The first kappa shape index (κ1) is 11.8. The Labute approximate surface area is 109 Å². The molecule has 0 radical (unpaired) electrons. The van der Waals surface area contributed by atoms with Gasteiger partial charge in [-0.1, -0.05) is 0 Å². The summed E-state index contributed by atoms with van der Waals surface area (Å²) in [5, 5.41) is 12.5. The van der Waals surface area contributed by atoms with E-state index in [0.717, 1.165) is 22.7 Å². The third kappa shape index (κ3) is 2.16. The highest BCUT2D eigenvalue weighted by molar-refractivity contribution is 7.09. The van der Waals surface area contributed by atoms with E-state index in [2.05, 4.69) is 15.3 Å². The highest BCUT2D eigenvalue weighted by Crippen LogP contribution is 2.33. The van der Waals surface area contributed by atoms with Gasteiger partial charge in [-0.25, -0.2) is 4.98 Å². The largest absolute Gasteiger partial charge is 0.396 e. The van der Waals surface area contributed by atoms with Crippen molar-refractivity contribution < 1.29 is 9.84 Å². The normalized spacial score (nSPS) is 17.4. The van der Waals surface area contributed by atoms with Crippen molar-refractivity contribution in [1.82, 2.24) is 9.97 Å². The van der Waals surface area contributed by atoms with Crippen molar-refractivity contribution in [3.63, 3.8) is 0 Å². The van der Waals surface area contributed by atoms with Crippen LogP contribution < -0.4 is 0 Å². The number of nitrogens with zero attached hydrogens (tertiary/aromatic N) is 2. The van der Waals surface area contributed by atoms with Gasteiger partial charge in [0.05, 0.1) is 30.5 Å². The van der Waals surface area contributed by atoms with E-state index in [1.807, 2.05) is 12.1 Å². The van der Waals surface area contributed by atoms with Crippen LogP contribution in [-0.2, 0) is 11.2 Å². The maximum Gasteiger partial charge on any atom is 0.0940 e. The lowest BCUT2D eigenvalue weighted by atomic mass is 9.84. The molecule has 1 N–H and O–H groups in total. The number of aliphatic hydroxyl groups is 1. The lowest BCUT2D eigenvalue weighted by Gasteiger charge is -2.39. The molecule has 1 fully saturated rings. The van der Waals surface area contributed by atoms with Gasteiger partial charge in [-0.3, -0.25) is 4.98 Å². The van der Waals surface area contributed by atoms with Crippen molar-refractivity contribution in [3.05, 3.63) is 34.9 Å². The molecule has 2 aromatic heterocycles. The molecule has 0 amide bonds. The second-order valence-corrected chi connectivity index (χ2v) is 5.63. The Kier molecular flexibility index (Phi) is 3.11. The second kappa shape index (κ2) is 4.76. The smallest absolute Gasteiger partial charge is 0.0940 e. The van der Waals surface area contributed by atoms with E-state index in [-0.39, 0.29) is 12.0 Å². The Balaban J connectivity index is 1.78. The van der Waals surface area contributed by atoms with Crippen molar-refractivity contribution in [1.29, 1.82) is 0 Å². The van der Waals surface area contributed by atoms with Gasteiger partial charge in [-0.2, -0.15) is 0 Å². The van der Waals surface area contributed by atoms with E-state index < -0.39 is 0 Å². The predicted octanol–water partition coefficient (Wildman–Crippen LogP) is 1.76. The minimum atomic E-state index is -0.104. The summed E-state index contributed by atoms with van der Waals surface area (Å²) in [6.07, 6.45) is 4.33. The standard InChI is InChI=1S/C13H14N2O2S/c16-7-13(8-17-9-13)5-12-15-11(6-18-12)10-1-3-14-4-2-10/h1-4,6,16H,5,7-9H2. The zero-order valence-electron chi connectivity index (χ0n) is 9.87. The van der Waals surface area contributed by atoms with Gasteiger partial charge in [0.2, 0.25) is 0 Å². The molecule has 0 aliphatic carbocycles. The summed E-state index contributed by atoms with van der Waals surface area (Å²) < 4.78 is 5.20. The quantitative estimate of drug-likeness (QED) is 0.912. The molecule has 18 heavy (non-hydrogen) atoms. The Morgan fingerprint density at radius 3 is 2.72 bits per heavy atom. The molecule has 94 valence electrons. The Bertz CT molecular complexity index is 517. The maximum absolute atomic E-state index is 9.41. The number of thiazole rings is 1. The van der Waals surface area contributed by atoms with Crippen LogP contribution in [-0.4, -0.2) is 34.9 Å². The van der Waals surface area contributed by atoms with Gasteiger partial charge in [-0.15, -0.1) is 11.3 Å². The number of hydrogen-bond donors (Lipinski definition) is 1. The van der Waals surface area contributed by atoms with Crippen LogP contribution in [0.3, 0.4) is 0 Å². The third-order valence-corrected chi connectivity index (χ3v) is 4.05. The SMILES string of the molecule is OCC1(Cc2nc(-c3ccncc3)cs2)COC1. The van der Waals surface area contributed by atoms with Crippen LogP contribution in [0, 0.1) is 5.41 Å². The van der Waals surface area contributed by atoms with Crippen LogP contribution in [0.4, 0.5) is 0 Å². The summed E-state index contributed by atoms with van der Waals surface area (Å²) in [5.41, 5.74) is 1.95. The molecule has 4 nitrogen and oxygen atoms in total. The van der Waals surface area contributed by atoms with Gasteiger partial charge in [-0.05, 0) is 12.1 Å². The predicted molar refractivity (Wildman–Crippen MR) is 69.4 cm³/mol. The number of aliphatic hydroxyl groups excluding tert-OH is 1. The number of aromatic nitrogens is 2. The fourth-order valence-corrected chi connectivity index (χ4v) is 2.99. The molecule has 0 aromatic carbocycles. The first-order chi connectivity index (χ1) is 8.81. The molecule has 0 saturated carbocycles. The maximum atomic E-state index is 9.41. The minimum absolute atomic E-state index is 0.104. The summed E-state index contributed by atoms with van der Waals surface area (Å²) in [5.74, 6) is 0. The van der Waals surface area contributed by atoms with Crippen LogP contribution in [0.2, 0.25) is 0 Å². The fourth-order valence-electron chi connectivity index (χ4n) is 2.01. The van der Waals surface area contributed by atoms with Crippen molar-refractivity contribution in [2.45, 2.75) is 6.42 Å². The van der Waals surface area contributed by atoms with Gasteiger partial charge in [0, 0.05) is 35.2 Å². The molecule has 1 saturated heterocycles. The summed E-state index contributed by atoms with van der Waals surface area (Å²) in [6, 6.07) is 3.90. The Hall–Kier alpha value is -1.30. The third-order valence-electron chi connectivity index (χ3n) is 3.21. The van der Waals surface area contributed by atoms with Gasteiger partial charge in [0.15, 0.2) is 0 Å². The molecular weight excluding hydrogens is 248 g/mol. The van der Waals surface area contributed by atoms with E-state index in [4.69, 9.17) is 4.74 Å². The second-order valence-electron chi connectivity index (χ2n) is 4.69. The van der Waals surface area contributed by atoms with Gasteiger partial charge in [0.1, 0.15) is 0 Å². The van der Waals surface area contributed by atoms with Crippen molar-refractivity contribution in [2.75, 3.05) is 19.8 Å². The van der Waals surface area contributed by atoms with Crippen molar-refractivity contribution >= 4 is 11.3 Å². The lowest BCUT2D eigenvalue weighted by Crippen LogP contribution is -2.47. The highest BCUT2D eigenvalue weighted by Gasteiger charge is 2.38. The van der Waals surface area contributed by atoms with E-state index in [1.54, 1.807) is 23.7 Å². The molecule has 0 unspecified atom stereocenters. The van der Waals surface area contributed by atoms with E-state index in [0.29, 0.717) is 13.2 Å². The summed E-state index contributed by atoms with van der Waals surface area (Å²) >= 11 is 1.64. The zero-order valence-corrected chi connectivity index (χ0v) is 10.7. The summed E-state index contributed by atoms with van der Waals surface area (Å²) in [4.78, 5) is 8.62. The van der Waals surface area contributed by atoms with Crippen LogP contribution in [0.25, 0.3) is 11.3 Å². The first-order valence-corrected chi connectivity index (χ1v) is 6.73. The van der Waals surface area contributed by atoms with E-state index in [1.165, 1.54) is 0 Å². The molecule has 2 aromatic rings. The molecule has 0 bridgehead atoms. The van der Waals surface area contributed by atoms with Crippen molar-refractivity contribution in [3.8, 4) is 11.3 Å². The topological polar surface area (TPSA) is 55.2 Å². The van der Waals surface area contributed by atoms with Crippen LogP contribution >= 0.6 is 11.3 Å². The molecule has 0 spiro atoms. The van der Waals surface area contributed by atoms with Crippen LogP contribution in [0.15, 0.2) is 29.9 Å². The minimum Gasteiger partial charge on any atom is -0.396 e. The number of hydrogen-bond acceptors (Lipinski definition) is 5. The lowest BCUT2D eigenvalue weighted by molar-refractivity contribution is -0.136. The summed E-state index contributed by atoms with van der Waals surface area (Å²) in [7, 11) is 0. The monoisotopic (exact) mass is 262 g/mol. The molecule has 1 aliphatic rings. The van der Waals surface area contributed by atoms with Gasteiger partial charge >= 0.3 is 0 Å². The molecule has 5 heteroatoms. The van der Waals surface area contributed by atoms with Crippen molar-refractivity contribution in [2.24, 2.45) is 5.41 Å². The molecular formula is C13H14N2O2S. The number of pyridine rings is 1. The molecule has 1 aliphatic heterocycles. The molecule has 0 atom stereocenters. The van der Waals surface area contributed by atoms with Gasteiger partial charge in [0.25, 0.3) is 0 Å². The van der Waals surface area contributed by atoms with E-state index in [9.17, 15) is 5.11 Å². The summed E-state index contributed by atoms with van der Waals surface area (Å²) in [6.45, 7) is 1.43. The highest BCUT2D eigenvalue weighted by atomic mass is 32.1. The van der Waals surface area contributed by atoms with Gasteiger partial charge < -0.3 is 9.84 Å². The number of ether oxygens (including phenoxy) is 1. The Morgan fingerprint density at radius 2 is 2.11 bits per heavy atom. The number of rotatable bonds is 4. The van der Waals surface area contributed by atoms with Crippen LogP contribution in [0.5, 0.6) is 0 Å². The zero-order chi connectivity index (χ0) is 12.4. The molecule has 3 heterocycles. The van der Waals surface area contributed by atoms with Crippen LogP contribution in [0.1, 0.15) is 5.01 Å². The Morgan fingerprint density at radius 1 is 1.33 bits per heavy atom. The van der Waals surface area contributed by atoms with E-state index >= 15 is 0 Å².